The lowest BCUT2D eigenvalue weighted by Crippen LogP contribution is -2.39. The summed E-state index contributed by atoms with van der Waals surface area (Å²) in [6, 6.07) is 0. The number of nitrogens with one attached hydrogen (secondary N) is 1. The first-order valence-electron chi connectivity index (χ1n) is 6.69. The molecule has 1 saturated carbocycles. The highest BCUT2D eigenvalue weighted by molar-refractivity contribution is 5.80. The molecule has 1 N–H and O–H groups in total. The first kappa shape index (κ1) is 11.9. The lowest BCUT2D eigenvalue weighted by molar-refractivity contribution is -0.128. The largest absolute Gasteiger partial charge is 0.326 e. The lowest BCUT2D eigenvalue weighted by Gasteiger charge is -2.30. The fourth-order valence-corrected chi connectivity index (χ4v) is 2.63. The molecule has 2 aliphatic rings. The molecule has 0 aromatic rings. The van der Waals surface area contributed by atoms with Gasteiger partial charge in [-0.05, 0) is 24.7 Å². The van der Waals surface area contributed by atoms with E-state index in [0.29, 0.717) is 24.5 Å². The number of carbonyl (C=O) groups excluding carboxylic acids is 1. The van der Waals surface area contributed by atoms with E-state index < -0.39 is 0 Å². The summed E-state index contributed by atoms with van der Waals surface area (Å²) in [4.78, 5) is 13.8. The maximum absolute atomic E-state index is 11.7. The highest BCUT2D eigenvalue weighted by atomic mass is 16.2. The third-order valence-electron chi connectivity index (χ3n) is 3.88. The van der Waals surface area contributed by atoms with E-state index in [0.717, 1.165) is 18.9 Å². The Hall–Kier alpha value is -0.570. The van der Waals surface area contributed by atoms with Crippen LogP contribution in [0.4, 0.5) is 0 Å². The van der Waals surface area contributed by atoms with E-state index in [9.17, 15) is 4.79 Å². The Kier molecular flexibility index (Phi) is 3.85. The molecule has 3 heteroatoms. The van der Waals surface area contributed by atoms with E-state index in [-0.39, 0.29) is 0 Å². The molecular weight excluding hydrogens is 200 g/mol. The van der Waals surface area contributed by atoms with Gasteiger partial charge in [0, 0.05) is 6.54 Å². The predicted octanol–water partition coefficient (Wildman–Crippen LogP) is 1.98. The Bertz CT molecular complexity index is 248. The molecule has 2 fully saturated rings. The molecule has 2 rings (SSSR count). The molecule has 1 saturated heterocycles. The standard InChI is InChI=1S/C13H24N2O/c1-10(2)8-12-14-9-13(16)15(12)7-6-11-4-3-5-11/h10-12,14H,3-9H2,1-2H3. The quantitative estimate of drug-likeness (QED) is 0.774. The van der Waals surface area contributed by atoms with Crippen molar-refractivity contribution in [3.05, 3.63) is 0 Å². The van der Waals surface area contributed by atoms with Crippen molar-refractivity contribution in [2.24, 2.45) is 11.8 Å². The molecule has 3 nitrogen and oxygen atoms in total. The van der Waals surface area contributed by atoms with Crippen LogP contribution < -0.4 is 5.32 Å². The molecular formula is C13H24N2O. The second kappa shape index (κ2) is 5.17. The molecule has 0 radical (unpaired) electrons. The third-order valence-corrected chi connectivity index (χ3v) is 3.88. The monoisotopic (exact) mass is 224 g/mol. The number of amides is 1. The topological polar surface area (TPSA) is 32.3 Å². The van der Waals surface area contributed by atoms with Crippen molar-refractivity contribution < 1.29 is 4.79 Å². The van der Waals surface area contributed by atoms with Gasteiger partial charge in [0.2, 0.25) is 5.91 Å². The molecule has 1 aliphatic carbocycles. The second-order valence-electron chi connectivity index (χ2n) is 5.70. The second-order valence-corrected chi connectivity index (χ2v) is 5.70. The van der Waals surface area contributed by atoms with Crippen LogP contribution in [-0.2, 0) is 4.79 Å². The Morgan fingerprint density at radius 1 is 1.44 bits per heavy atom. The molecule has 1 aliphatic heterocycles. The van der Waals surface area contributed by atoms with Crippen molar-refractivity contribution in [3.8, 4) is 0 Å². The SMILES string of the molecule is CC(C)CC1NCC(=O)N1CCC1CCC1. The van der Waals surface area contributed by atoms with Gasteiger partial charge in [-0.15, -0.1) is 0 Å². The summed E-state index contributed by atoms with van der Waals surface area (Å²) in [5.41, 5.74) is 0. The Morgan fingerprint density at radius 3 is 2.75 bits per heavy atom. The van der Waals surface area contributed by atoms with E-state index in [2.05, 4.69) is 24.1 Å². The van der Waals surface area contributed by atoms with E-state index >= 15 is 0 Å². The van der Waals surface area contributed by atoms with Crippen LogP contribution in [0, 0.1) is 11.8 Å². The molecule has 0 spiro atoms. The molecule has 1 unspecified atom stereocenters. The van der Waals surface area contributed by atoms with Crippen molar-refractivity contribution >= 4 is 5.91 Å². The molecule has 16 heavy (non-hydrogen) atoms. The van der Waals surface area contributed by atoms with Gasteiger partial charge in [0.25, 0.3) is 0 Å². The average Bonchev–Trinajstić information content (AvgIpc) is 2.46. The summed E-state index contributed by atoms with van der Waals surface area (Å²) in [5.74, 6) is 1.84. The minimum atomic E-state index is 0.296. The van der Waals surface area contributed by atoms with E-state index in [4.69, 9.17) is 0 Å². The number of hydrogen-bond donors (Lipinski definition) is 1. The van der Waals surface area contributed by atoms with E-state index in [1.54, 1.807) is 0 Å². The van der Waals surface area contributed by atoms with Crippen molar-refractivity contribution in [1.82, 2.24) is 10.2 Å². The van der Waals surface area contributed by atoms with Crippen LogP contribution in [0.2, 0.25) is 0 Å². The average molecular weight is 224 g/mol. The van der Waals surface area contributed by atoms with Gasteiger partial charge in [-0.2, -0.15) is 0 Å². The predicted molar refractivity (Wildman–Crippen MR) is 64.9 cm³/mol. The molecule has 0 aromatic heterocycles. The third kappa shape index (κ3) is 2.76. The minimum Gasteiger partial charge on any atom is -0.326 e. The number of hydrogen-bond acceptors (Lipinski definition) is 2. The zero-order valence-corrected chi connectivity index (χ0v) is 10.5. The van der Waals surface area contributed by atoms with Crippen molar-refractivity contribution in [2.75, 3.05) is 13.1 Å². The van der Waals surface area contributed by atoms with Crippen LogP contribution in [0.15, 0.2) is 0 Å². The smallest absolute Gasteiger partial charge is 0.237 e. The Balaban J connectivity index is 1.80. The van der Waals surface area contributed by atoms with Crippen LogP contribution in [0.5, 0.6) is 0 Å². The summed E-state index contributed by atoms with van der Waals surface area (Å²) >= 11 is 0. The van der Waals surface area contributed by atoms with Crippen molar-refractivity contribution in [1.29, 1.82) is 0 Å². The van der Waals surface area contributed by atoms with Gasteiger partial charge in [0.15, 0.2) is 0 Å². The normalized spacial score (nSPS) is 26.6. The van der Waals surface area contributed by atoms with E-state index in [1.807, 2.05) is 0 Å². The first-order chi connectivity index (χ1) is 7.66. The molecule has 0 bridgehead atoms. The zero-order chi connectivity index (χ0) is 11.5. The van der Waals surface area contributed by atoms with E-state index in [1.165, 1.54) is 25.7 Å². The van der Waals surface area contributed by atoms with Crippen LogP contribution >= 0.6 is 0 Å². The van der Waals surface area contributed by atoms with Crippen LogP contribution in [0.25, 0.3) is 0 Å². The fourth-order valence-electron chi connectivity index (χ4n) is 2.63. The van der Waals surface area contributed by atoms with Gasteiger partial charge in [0.05, 0.1) is 12.7 Å². The van der Waals surface area contributed by atoms with Gasteiger partial charge in [0.1, 0.15) is 0 Å². The lowest BCUT2D eigenvalue weighted by atomic mass is 9.83. The number of carbonyl (C=O) groups is 1. The zero-order valence-electron chi connectivity index (χ0n) is 10.5. The van der Waals surface area contributed by atoms with Gasteiger partial charge in [-0.1, -0.05) is 33.1 Å². The first-order valence-corrected chi connectivity index (χ1v) is 6.69. The summed E-state index contributed by atoms with van der Waals surface area (Å²) < 4.78 is 0. The van der Waals surface area contributed by atoms with Gasteiger partial charge < -0.3 is 4.90 Å². The molecule has 1 amide bonds. The van der Waals surface area contributed by atoms with Crippen LogP contribution in [-0.4, -0.2) is 30.1 Å². The van der Waals surface area contributed by atoms with Gasteiger partial charge >= 0.3 is 0 Å². The maximum atomic E-state index is 11.7. The molecule has 0 aromatic carbocycles. The molecule has 1 heterocycles. The number of rotatable bonds is 5. The number of nitrogens with zero attached hydrogens (tertiary/aromatic N) is 1. The van der Waals surface area contributed by atoms with Crippen LogP contribution in [0.1, 0.15) is 46.0 Å². The fraction of sp³-hybridized carbons (Fsp3) is 0.923. The maximum Gasteiger partial charge on any atom is 0.237 e. The summed E-state index contributed by atoms with van der Waals surface area (Å²) in [5, 5.41) is 3.32. The summed E-state index contributed by atoms with van der Waals surface area (Å²) in [6.07, 6.45) is 6.74. The minimum absolute atomic E-state index is 0.296. The highest BCUT2D eigenvalue weighted by Crippen LogP contribution is 2.30. The van der Waals surface area contributed by atoms with Crippen LogP contribution in [0.3, 0.4) is 0 Å². The molecule has 1 atom stereocenters. The summed E-state index contributed by atoms with van der Waals surface area (Å²) in [6.45, 7) is 5.94. The van der Waals surface area contributed by atoms with Crippen molar-refractivity contribution in [3.63, 3.8) is 0 Å². The van der Waals surface area contributed by atoms with Gasteiger partial charge in [-0.3, -0.25) is 10.1 Å². The molecule has 92 valence electrons. The Morgan fingerprint density at radius 2 is 2.19 bits per heavy atom. The highest BCUT2D eigenvalue weighted by Gasteiger charge is 2.31. The van der Waals surface area contributed by atoms with Gasteiger partial charge in [-0.25, -0.2) is 0 Å². The summed E-state index contributed by atoms with van der Waals surface area (Å²) in [7, 11) is 0. The Labute approximate surface area is 98.6 Å². The van der Waals surface area contributed by atoms with Crippen molar-refractivity contribution in [2.45, 2.75) is 52.1 Å².